The maximum atomic E-state index is 14.3. The van der Waals surface area contributed by atoms with Gasteiger partial charge in [-0.1, -0.05) is 12.1 Å². The van der Waals surface area contributed by atoms with Crippen molar-refractivity contribution < 1.29 is 18.3 Å². The first kappa shape index (κ1) is 17.5. The molecule has 0 aliphatic rings. The lowest BCUT2D eigenvalue weighted by atomic mass is 10.2. The highest BCUT2D eigenvalue weighted by atomic mass is 19.1. The number of ether oxygens (including phenoxy) is 1. The molecule has 0 unspecified atom stereocenters. The first-order valence-corrected chi connectivity index (χ1v) is 7.40. The topological polar surface area (TPSA) is 76.4 Å². The molecule has 2 rings (SSSR count). The Morgan fingerprint density at radius 3 is 2.38 bits per heavy atom. The van der Waals surface area contributed by atoms with Crippen LogP contribution in [0.1, 0.15) is 19.4 Å². The zero-order chi connectivity index (χ0) is 17.7. The molecule has 0 bridgehead atoms. The maximum Gasteiger partial charge on any atom is 0.411 e. The van der Waals surface area contributed by atoms with E-state index in [4.69, 9.17) is 10.5 Å². The number of amides is 1. The van der Waals surface area contributed by atoms with E-state index >= 15 is 0 Å². The van der Waals surface area contributed by atoms with Gasteiger partial charge in [0.05, 0.1) is 23.2 Å². The first-order chi connectivity index (χ1) is 11.4. The molecular formula is C17H19F2N3O2. The highest BCUT2D eigenvalue weighted by molar-refractivity contribution is 5.90. The van der Waals surface area contributed by atoms with Gasteiger partial charge < -0.3 is 15.8 Å². The standard InChI is InChI=1S/C17H19F2N3O2/c1-10(2)24-17(23)22-14-8-7-13(15(19)16(14)20)21-9-11-3-5-12(18)6-4-11/h3-8,10,21H,9,20H2,1-2H3,(H,22,23). The Morgan fingerprint density at radius 2 is 1.75 bits per heavy atom. The number of carbonyl (C=O) groups is 1. The van der Waals surface area contributed by atoms with E-state index in [1.807, 2.05) is 0 Å². The van der Waals surface area contributed by atoms with Crippen LogP contribution in [0.15, 0.2) is 36.4 Å². The summed E-state index contributed by atoms with van der Waals surface area (Å²) in [5, 5.41) is 5.27. The molecule has 0 saturated heterocycles. The fourth-order valence-corrected chi connectivity index (χ4v) is 1.99. The highest BCUT2D eigenvalue weighted by Crippen LogP contribution is 2.28. The minimum atomic E-state index is -0.705. The molecule has 0 atom stereocenters. The highest BCUT2D eigenvalue weighted by Gasteiger charge is 2.14. The van der Waals surface area contributed by atoms with Crippen LogP contribution in [0.3, 0.4) is 0 Å². The zero-order valence-electron chi connectivity index (χ0n) is 13.4. The summed E-state index contributed by atoms with van der Waals surface area (Å²) in [5.74, 6) is -1.02. The number of nitrogen functional groups attached to an aromatic ring is 1. The Bertz CT molecular complexity index is 719. The summed E-state index contributed by atoms with van der Waals surface area (Å²) in [4.78, 5) is 11.6. The summed E-state index contributed by atoms with van der Waals surface area (Å²) in [6, 6.07) is 8.79. The molecule has 5 nitrogen and oxygen atoms in total. The van der Waals surface area contributed by atoms with Crippen LogP contribution >= 0.6 is 0 Å². The summed E-state index contributed by atoms with van der Waals surface area (Å²) in [6.07, 6.45) is -1.00. The smallest absolute Gasteiger partial charge is 0.411 e. The van der Waals surface area contributed by atoms with Gasteiger partial charge in [0.25, 0.3) is 0 Å². The van der Waals surface area contributed by atoms with Crippen molar-refractivity contribution in [2.45, 2.75) is 26.5 Å². The van der Waals surface area contributed by atoms with Crippen molar-refractivity contribution in [3.63, 3.8) is 0 Å². The van der Waals surface area contributed by atoms with Crippen LogP contribution in [-0.2, 0) is 11.3 Å². The number of carbonyl (C=O) groups excluding carboxylic acids is 1. The minimum Gasteiger partial charge on any atom is -0.447 e. The molecule has 0 radical (unpaired) electrons. The van der Waals surface area contributed by atoms with E-state index < -0.39 is 11.9 Å². The average molecular weight is 335 g/mol. The van der Waals surface area contributed by atoms with Crippen LogP contribution in [0.4, 0.5) is 30.6 Å². The normalized spacial score (nSPS) is 10.5. The second-order valence-corrected chi connectivity index (χ2v) is 5.45. The van der Waals surface area contributed by atoms with Gasteiger partial charge in [0.2, 0.25) is 0 Å². The first-order valence-electron chi connectivity index (χ1n) is 7.40. The lowest BCUT2D eigenvalue weighted by molar-refractivity contribution is 0.130. The SMILES string of the molecule is CC(C)OC(=O)Nc1ccc(NCc2ccc(F)cc2)c(F)c1N. The van der Waals surface area contributed by atoms with Crippen molar-refractivity contribution >= 4 is 23.2 Å². The molecule has 0 heterocycles. The molecule has 0 saturated carbocycles. The van der Waals surface area contributed by atoms with Crippen molar-refractivity contribution in [2.24, 2.45) is 0 Å². The molecule has 0 aliphatic heterocycles. The fraction of sp³-hybridized carbons (Fsp3) is 0.235. The number of benzene rings is 2. The van der Waals surface area contributed by atoms with Gasteiger partial charge >= 0.3 is 6.09 Å². The second kappa shape index (κ2) is 7.63. The van der Waals surface area contributed by atoms with Crippen molar-refractivity contribution in [3.05, 3.63) is 53.6 Å². The summed E-state index contributed by atoms with van der Waals surface area (Å²) >= 11 is 0. The van der Waals surface area contributed by atoms with Crippen LogP contribution < -0.4 is 16.4 Å². The molecule has 2 aromatic rings. The monoisotopic (exact) mass is 335 g/mol. The second-order valence-electron chi connectivity index (χ2n) is 5.45. The number of hydrogen-bond acceptors (Lipinski definition) is 4. The lowest BCUT2D eigenvalue weighted by Gasteiger charge is -2.14. The number of nitrogens with one attached hydrogen (secondary N) is 2. The molecule has 2 aromatic carbocycles. The number of hydrogen-bond donors (Lipinski definition) is 3. The molecule has 0 aromatic heterocycles. The third kappa shape index (κ3) is 4.58. The van der Waals surface area contributed by atoms with Gasteiger partial charge in [0, 0.05) is 6.54 Å². The van der Waals surface area contributed by atoms with E-state index in [1.54, 1.807) is 26.0 Å². The largest absolute Gasteiger partial charge is 0.447 e. The fourth-order valence-electron chi connectivity index (χ4n) is 1.99. The average Bonchev–Trinajstić information content (AvgIpc) is 2.52. The Balaban J connectivity index is 2.06. The van der Waals surface area contributed by atoms with Gasteiger partial charge in [-0.3, -0.25) is 5.32 Å². The molecule has 0 aliphatic carbocycles. The third-order valence-corrected chi connectivity index (χ3v) is 3.16. The molecule has 128 valence electrons. The Hall–Kier alpha value is -2.83. The molecule has 0 fully saturated rings. The summed E-state index contributed by atoms with van der Waals surface area (Å²) in [7, 11) is 0. The van der Waals surface area contributed by atoms with Crippen molar-refractivity contribution in [1.29, 1.82) is 0 Å². The summed E-state index contributed by atoms with van der Waals surface area (Å²) in [6.45, 7) is 3.71. The Labute approximate surface area is 138 Å². The number of halogens is 2. The van der Waals surface area contributed by atoms with Gasteiger partial charge in [0.1, 0.15) is 5.82 Å². The van der Waals surface area contributed by atoms with Gasteiger partial charge in [-0.25, -0.2) is 13.6 Å². The van der Waals surface area contributed by atoms with Gasteiger partial charge in [-0.05, 0) is 43.7 Å². The van der Waals surface area contributed by atoms with E-state index in [0.717, 1.165) is 5.56 Å². The van der Waals surface area contributed by atoms with Crippen LogP contribution in [0.2, 0.25) is 0 Å². The zero-order valence-corrected chi connectivity index (χ0v) is 13.4. The van der Waals surface area contributed by atoms with Crippen LogP contribution in [-0.4, -0.2) is 12.2 Å². The molecular weight excluding hydrogens is 316 g/mol. The molecule has 1 amide bonds. The van der Waals surface area contributed by atoms with E-state index in [2.05, 4.69) is 10.6 Å². The summed E-state index contributed by atoms with van der Waals surface area (Å²) < 4.78 is 32.1. The minimum absolute atomic E-state index is 0.130. The Morgan fingerprint density at radius 1 is 1.12 bits per heavy atom. The third-order valence-electron chi connectivity index (χ3n) is 3.16. The molecule has 0 spiro atoms. The predicted octanol–water partition coefficient (Wildman–Crippen LogP) is 4.12. The van der Waals surface area contributed by atoms with E-state index in [1.165, 1.54) is 24.3 Å². The maximum absolute atomic E-state index is 14.3. The van der Waals surface area contributed by atoms with Crippen LogP contribution in [0.25, 0.3) is 0 Å². The van der Waals surface area contributed by atoms with Crippen LogP contribution in [0.5, 0.6) is 0 Å². The van der Waals surface area contributed by atoms with Gasteiger partial charge in [-0.15, -0.1) is 0 Å². The number of anilines is 3. The van der Waals surface area contributed by atoms with Gasteiger partial charge in [0.15, 0.2) is 5.82 Å². The molecule has 24 heavy (non-hydrogen) atoms. The molecule has 4 N–H and O–H groups in total. The van der Waals surface area contributed by atoms with Gasteiger partial charge in [-0.2, -0.15) is 0 Å². The molecule has 7 heteroatoms. The predicted molar refractivity (Wildman–Crippen MR) is 89.8 cm³/mol. The van der Waals surface area contributed by atoms with E-state index in [9.17, 15) is 13.6 Å². The van der Waals surface area contributed by atoms with Crippen molar-refractivity contribution in [2.75, 3.05) is 16.4 Å². The van der Waals surface area contributed by atoms with E-state index in [-0.39, 0.29) is 29.0 Å². The van der Waals surface area contributed by atoms with Crippen molar-refractivity contribution in [1.82, 2.24) is 0 Å². The van der Waals surface area contributed by atoms with Crippen molar-refractivity contribution in [3.8, 4) is 0 Å². The lowest BCUT2D eigenvalue weighted by Crippen LogP contribution is -2.19. The summed E-state index contributed by atoms with van der Waals surface area (Å²) in [5.41, 5.74) is 6.62. The number of nitrogens with two attached hydrogens (primary N) is 1. The number of rotatable bonds is 5. The van der Waals surface area contributed by atoms with E-state index in [0.29, 0.717) is 6.54 Å². The van der Waals surface area contributed by atoms with Crippen LogP contribution in [0, 0.1) is 11.6 Å². The Kier molecular flexibility index (Phi) is 5.57. The quantitative estimate of drug-likeness (QED) is 0.719.